The Morgan fingerprint density at radius 1 is 0.235 bits per heavy atom. The van der Waals surface area contributed by atoms with Gasteiger partial charge in [-0.25, -0.2) is 0 Å². The number of benzene rings is 12. The average Bonchev–Trinajstić information content (AvgIpc) is 0.790. The largest absolute Gasteiger partial charge is 0.714 e. The van der Waals surface area contributed by atoms with Crippen molar-refractivity contribution in [1.29, 1.82) is 0 Å². The maximum atomic E-state index is 6.98. The van der Waals surface area contributed by atoms with Crippen LogP contribution >= 0.6 is 0 Å². The van der Waals surface area contributed by atoms with E-state index in [1.54, 1.807) is 0 Å². The van der Waals surface area contributed by atoms with Gasteiger partial charge in [0.15, 0.2) is 71.8 Å². The lowest BCUT2D eigenvalue weighted by Crippen LogP contribution is -2.62. The third-order valence-electron chi connectivity index (χ3n) is 19.6. The van der Waals surface area contributed by atoms with Crippen LogP contribution in [0, 0.1) is 13.8 Å². The summed E-state index contributed by atoms with van der Waals surface area (Å²) in [6.07, 6.45) is 15.2. The summed E-state index contributed by atoms with van der Waals surface area (Å²) >= 11 is 0. The van der Waals surface area contributed by atoms with Crippen LogP contribution in [0.2, 0.25) is 0 Å². The van der Waals surface area contributed by atoms with Gasteiger partial charge in [0.1, 0.15) is 0 Å². The average molecular weight is 1280 g/mol. The highest BCUT2D eigenvalue weighted by Crippen LogP contribution is 2.49. The molecule has 9 bridgehead atoms. The van der Waals surface area contributed by atoms with Gasteiger partial charge in [-0.05, 0) is 66.9 Å². The standard InChI is InChI=1S/2C29H22N2O2.C28H20N2O2/c1-20-8-5-11-23-18-31-26-15-6-9-21(17-26)16-22-10-7-12-24-19-30(25-13-3-2-4-14-25)29(31,32-27(20)23)33-28(22)24;1-20-9-7-12-23-19-31-26-16-6-5-10-21(26)17-22-11-8-13-24-18-30(25-14-3-2-4-15-25)29(31,32-27(20)23)33-28(22)24;1-3-13-24(14-4-1)29-18-22-11-7-9-20-17-21-10-8-12-23-19-30(25-15-5-2-6-16-25)28(29,31-26(20)22)32-27(21)23/h2-15,17-19H,16H2,1H3;2-16,18-19H,17H2,1H3;1-16,18-19H,17H2/q3*+2/t2*29-;/m11./s1. The first kappa shape index (κ1) is 57.0. The highest BCUT2D eigenvalue weighted by Gasteiger charge is 2.70. The van der Waals surface area contributed by atoms with E-state index in [0.717, 1.165) is 155 Å². The first-order valence-corrected chi connectivity index (χ1v) is 33.3. The summed E-state index contributed by atoms with van der Waals surface area (Å²) in [5.74, 6) is 5.14. The lowest BCUT2D eigenvalue weighted by atomic mass is 9.97. The summed E-state index contributed by atoms with van der Waals surface area (Å²) in [6, 6.07) is 92.3. The van der Waals surface area contributed by atoms with Crippen molar-refractivity contribution in [1.82, 2.24) is 0 Å². The highest BCUT2D eigenvalue weighted by atomic mass is 16.8. The maximum absolute atomic E-state index is 6.98. The van der Waals surface area contributed by atoms with E-state index in [1.807, 2.05) is 72.8 Å². The van der Waals surface area contributed by atoms with Crippen LogP contribution in [-0.4, -0.2) is 82.8 Å². The predicted octanol–water partition coefficient (Wildman–Crippen LogP) is 16.3. The molecule has 12 nitrogen and oxygen atoms in total. The quantitative estimate of drug-likeness (QED) is 0.164. The number of hydrogen-bond donors (Lipinski definition) is 0. The molecule has 12 aromatic carbocycles. The Labute approximate surface area is 566 Å². The molecule has 0 fully saturated rings. The molecule has 468 valence electrons. The summed E-state index contributed by atoms with van der Waals surface area (Å²) in [5, 5.41) is 0. The molecule has 12 aromatic rings. The monoisotopic (exact) mass is 1280 g/mol. The molecule has 9 aliphatic rings. The zero-order chi connectivity index (χ0) is 65.1. The van der Waals surface area contributed by atoms with Crippen LogP contribution in [0.3, 0.4) is 0 Å². The van der Waals surface area contributed by atoms with Crippen LogP contribution in [0.25, 0.3) is 0 Å². The van der Waals surface area contributed by atoms with E-state index in [0.29, 0.717) is 0 Å². The first-order chi connectivity index (χ1) is 48.3. The Hall–Kier alpha value is -12.5. The van der Waals surface area contributed by atoms with E-state index >= 15 is 0 Å². The van der Waals surface area contributed by atoms with E-state index in [1.165, 1.54) is 11.1 Å². The number of nitrogens with zero attached hydrogens (tertiary/aromatic N) is 6. The number of rotatable bonds is 4. The predicted molar refractivity (Wildman–Crippen MR) is 378 cm³/mol. The highest BCUT2D eigenvalue weighted by molar-refractivity contribution is 5.88. The number of para-hydroxylation sites is 11. The lowest BCUT2D eigenvalue weighted by molar-refractivity contribution is -0.856. The second kappa shape index (κ2) is 22.3. The minimum atomic E-state index is -1.24. The Morgan fingerprint density at radius 2 is 0.510 bits per heavy atom. The van der Waals surface area contributed by atoms with Crippen molar-refractivity contribution in [3.05, 3.63) is 357 Å². The third kappa shape index (κ3) is 9.05. The SMILES string of the molecule is C1=[N+](c2ccccc2)C23Oc4c1cccc4Cc1cccc(c1O2)C=[N+]3c1ccccc1.Cc1cccc2c1O[C@]13Oc4c(cccc4Cc4cccc(c4)[N+]1=C2)C=[N+]3c1ccccc1.Cc1cccc2c1O[C@]13Oc4c(cccc4Cc4ccccc4[N+]1=C2)C=[N+]3c1ccccc1. The van der Waals surface area contributed by atoms with Crippen molar-refractivity contribution in [3.8, 4) is 34.5 Å². The van der Waals surface area contributed by atoms with Gasteiger partial charge in [0.25, 0.3) is 0 Å². The third-order valence-corrected chi connectivity index (χ3v) is 19.6. The molecule has 0 amide bonds. The van der Waals surface area contributed by atoms with Gasteiger partial charge in [0, 0.05) is 114 Å². The number of ether oxygens (including phenoxy) is 6. The fourth-order valence-electron chi connectivity index (χ4n) is 14.9. The van der Waals surface area contributed by atoms with Gasteiger partial charge in [-0.15, -0.1) is 0 Å². The molecule has 0 aliphatic carbocycles. The van der Waals surface area contributed by atoms with Gasteiger partial charge in [-0.3, -0.25) is 0 Å². The summed E-state index contributed by atoms with van der Waals surface area (Å²) in [5.41, 5.74) is 21.5. The molecule has 0 N–H and O–H groups in total. The topological polar surface area (TPSA) is 73.4 Å². The second-order valence-corrected chi connectivity index (χ2v) is 25.8. The molecule has 0 unspecified atom stereocenters. The van der Waals surface area contributed by atoms with E-state index in [2.05, 4.69) is 285 Å². The fraction of sp³-hybridized carbons (Fsp3) is 0.0930. The van der Waals surface area contributed by atoms with Gasteiger partial charge in [-0.1, -0.05) is 203 Å². The number of aryl methyl sites for hydroxylation is 2. The number of hydrogen-bond acceptors (Lipinski definition) is 6. The van der Waals surface area contributed by atoms with Crippen molar-refractivity contribution in [2.24, 2.45) is 0 Å². The normalized spacial score (nSPS) is 18.4. The Kier molecular flexibility index (Phi) is 13.0. The van der Waals surface area contributed by atoms with Crippen LogP contribution in [0.5, 0.6) is 34.5 Å². The molecular weight excluding hydrogens is 1210 g/mol. The van der Waals surface area contributed by atoms with Crippen LogP contribution in [0.4, 0.5) is 34.1 Å². The maximum Gasteiger partial charge on any atom is 0.714 e. The summed E-state index contributed by atoms with van der Waals surface area (Å²) < 4.78 is 54.2. The molecule has 0 saturated heterocycles. The van der Waals surface area contributed by atoms with Crippen molar-refractivity contribution in [3.63, 3.8) is 0 Å². The Bertz CT molecular complexity index is 5360. The molecular formula is C86H64N6O6+6. The van der Waals surface area contributed by atoms with Crippen molar-refractivity contribution in [2.45, 2.75) is 51.2 Å². The smallest absolute Gasteiger partial charge is 0.340 e. The van der Waals surface area contributed by atoms with Gasteiger partial charge >= 0.3 is 18.1 Å². The molecule has 2 atom stereocenters. The van der Waals surface area contributed by atoms with Gasteiger partial charge in [-0.2, -0.15) is 0 Å². The Morgan fingerprint density at radius 3 is 0.918 bits per heavy atom. The van der Waals surface area contributed by atoms with Crippen molar-refractivity contribution < 1.29 is 55.9 Å². The zero-order valence-electron chi connectivity index (χ0n) is 53.8. The lowest BCUT2D eigenvalue weighted by Gasteiger charge is -2.34. The zero-order valence-corrected chi connectivity index (χ0v) is 53.8. The van der Waals surface area contributed by atoms with Crippen LogP contribution in [-0.2, 0) is 19.3 Å². The van der Waals surface area contributed by atoms with Gasteiger partial charge in [0.05, 0.1) is 33.4 Å². The van der Waals surface area contributed by atoms with Crippen LogP contribution in [0.15, 0.2) is 279 Å². The molecule has 0 aromatic heterocycles. The molecule has 21 rings (SSSR count). The van der Waals surface area contributed by atoms with Gasteiger partial charge in [0.2, 0.25) is 34.1 Å². The van der Waals surface area contributed by atoms with Crippen LogP contribution in [0.1, 0.15) is 77.9 Å². The van der Waals surface area contributed by atoms with E-state index in [9.17, 15) is 0 Å². The first-order valence-electron chi connectivity index (χ1n) is 33.3. The molecule has 3 spiro atoms. The Balaban J connectivity index is 0.000000103. The molecule has 0 radical (unpaired) electrons. The van der Waals surface area contributed by atoms with Crippen LogP contribution < -0.4 is 28.4 Å². The minimum absolute atomic E-state index is 0.765. The fourth-order valence-corrected chi connectivity index (χ4v) is 14.9. The van der Waals surface area contributed by atoms with E-state index < -0.39 is 18.1 Å². The second-order valence-electron chi connectivity index (χ2n) is 25.8. The number of fused-ring (bicyclic) bond motifs is 7. The molecule has 12 heteroatoms. The molecule has 0 saturated carbocycles. The molecule has 9 aliphatic heterocycles. The van der Waals surface area contributed by atoms with Gasteiger partial charge < -0.3 is 28.4 Å². The molecule has 98 heavy (non-hydrogen) atoms. The summed E-state index contributed by atoms with van der Waals surface area (Å²) in [4.78, 5) is 0. The summed E-state index contributed by atoms with van der Waals surface area (Å²) in [6.45, 7) is 4.15. The van der Waals surface area contributed by atoms with E-state index in [4.69, 9.17) is 28.4 Å². The molecule has 9 heterocycles. The van der Waals surface area contributed by atoms with Crippen molar-refractivity contribution >= 4 is 71.4 Å². The summed E-state index contributed by atoms with van der Waals surface area (Å²) in [7, 11) is 0. The van der Waals surface area contributed by atoms with E-state index in [-0.39, 0.29) is 0 Å². The minimum Gasteiger partial charge on any atom is -0.340 e. The van der Waals surface area contributed by atoms with Crippen molar-refractivity contribution in [2.75, 3.05) is 0 Å².